The molecule has 1 aromatic carbocycles. The largest absolute Gasteiger partial charge is 0.336 e. The molecule has 0 bridgehead atoms. The zero-order chi connectivity index (χ0) is 18.2. The van der Waals surface area contributed by atoms with Crippen molar-refractivity contribution in [1.82, 2.24) is 10.4 Å². The van der Waals surface area contributed by atoms with E-state index in [2.05, 4.69) is 0 Å². The summed E-state index contributed by atoms with van der Waals surface area (Å²) in [7, 11) is 0. The Balaban J connectivity index is 2.42. The van der Waals surface area contributed by atoms with Crippen molar-refractivity contribution in [3.05, 3.63) is 35.9 Å². The molecule has 4 N–H and O–H groups in total. The number of likely N-dealkylation sites (tertiary alicyclic amines) is 1. The number of amides is 2. The fourth-order valence-corrected chi connectivity index (χ4v) is 3.39. The Morgan fingerprint density at radius 2 is 1.88 bits per heavy atom. The van der Waals surface area contributed by atoms with Crippen LogP contribution in [0, 0.1) is 5.41 Å². The van der Waals surface area contributed by atoms with Crippen molar-refractivity contribution < 1.29 is 14.8 Å². The fourth-order valence-electron chi connectivity index (χ4n) is 3.39. The quantitative estimate of drug-likeness (QED) is 0.561. The van der Waals surface area contributed by atoms with Crippen molar-refractivity contribution >= 4 is 11.8 Å². The van der Waals surface area contributed by atoms with E-state index in [-0.39, 0.29) is 12.5 Å². The highest BCUT2D eigenvalue weighted by Crippen LogP contribution is 2.44. The topological polar surface area (TPSA) is 95.7 Å². The summed E-state index contributed by atoms with van der Waals surface area (Å²) in [6, 6.07) is 9.55. The molecule has 2 amide bonds. The Hall–Kier alpha value is -1.92. The van der Waals surface area contributed by atoms with Crippen molar-refractivity contribution in [2.24, 2.45) is 11.1 Å². The minimum atomic E-state index is -0.973. The SMILES string of the molecule is CC(C)(C(=O)NO)C(C)(C)N1CCC(CN)(c2ccccc2)C1=O. The number of nitrogens with one attached hydrogen (secondary N) is 1. The van der Waals surface area contributed by atoms with Gasteiger partial charge in [-0.25, -0.2) is 5.48 Å². The maximum atomic E-state index is 13.3. The second-order valence-corrected chi connectivity index (χ2v) is 7.48. The first-order valence-corrected chi connectivity index (χ1v) is 8.17. The molecule has 0 saturated carbocycles. The number of hydroxylamine groups is 1. The highest BCUT2D eigenvalue weighted by Gasteiger charge is 2.56. The van der Waals surface area contributed by atoms with Crippen LogP contribution < -0.4 is 11.2 Å². The zero-order valence-electron chi connectivity index (χ0n) is 14.8. The Labute approximate surface area is 143 Å². The average Bonchev–Trinajstić information content (AvgIpc) is 2.92. The Morgan fingerprint density at radius 3 is 2.38 bits per heavy atom. The normalized spacial score (nSPS) is 21.9. The molecule has 1 aliphatic rings. The van der Waals surface area contributed by atoms with E-state index in [1.54, 1.807) is 24.2 Å². The third-order valence-electron chi connectivity index (χ3n) is 5.97. The van der Waals surface area contributed by atoms with Gasteiger partial charge in [0, 0.05) is 13.1 Å². The summed E-state index contributed by atoms with van der Waals surface area (Å²) >= 11 is 0. The molecule has 1 unspecified atom stereocenters. The number of rotatable bonds is 5. The van der Waals surface area contributed by atoms with Gasteiger partial charge >= 0.3 is 0 Å². The van der Waals surface area contributed by atoms with Gasteiger partial charge < -0.3 is 10.6 Å². The monoisotopic (exact) mass is 333 g/mol. The minimum absolute atomic E-state index is 0.0694. The lowest BCUT2D eigenvalue weighted by Gasteiger charge is -2.47. The molecule has 0 aromatic heterocycles. The second kappa shape index (κ2) is 6.18. The zero-order valence-corrected chi connectivity index (χ0v) is 14.8. The first-order chi connectivity index (χ1) is 11.1. The van der Waals surface area contributed by atoms with Crippen LogP contribution >= 0.6 is 0 Å². The highest BCUT2D eigenvalue weighted by atomic mass is 16.5. The number of hydrogen-bond donors (Lipinski definition) is 3. The summed E-state index contributed by atoms with van der Waals surface area (Å²) in [4.78, 5) is 27.2. The van der Waals surface area contributed by atoms with Crippen LogP contribution in [0.4, 0.5) is 0 Å². The van der Waals surface area contributed by atoms with Crippen molar-refractivity contribution in [1.29, 1.82) is 0 Å². The molecule has 1 heterocycles. The molecule has 6 nitrogen and oxygen atoms in total. The molecule has 6 heteroatoms. The van der Waals surface area contributed by atoms with Crippen LogP contribution in [0.1, 0.15) is 39.7 Å². The molecule has 132 valence electrons. The van der Waals surface area contributed by atoms with Crippen molar-refractivity contribution in [2.75, 3.05) is 13.1 Å². The van der Waals surface area contributed by atoms with Gasteiger partial charge in [-0.15, -0.1) is 0 Å². The standard InChI is InChI=1S/C18H27N3O3/c1-16(2,14(22)20-24)17(3,4)21-11-10-18(12-19,15(21)23)13-8-6-5-7-9-13/h5-9,24H,10-12,19H2,1-4H3,(H,20,22). The smallest absolute Gasteiger partial charge is 0.251 e. The molecular weight excluding hydrogens is 306 g/mol. The van der Waals surface area contributed by atoms with Crippen LogP contribution in [0.5, 0.6) is 0 Å². The van der Waals surface area contributed by atoms with E-state index in [4.69, 9.17) is 10.9 Å². The molecule has 0 aliphatic carbocycles. The highest BCUT2D eigenvalue weighted by molar-refractivity contribution is 5.92. The minimum Gasteiger partial charge on any atom is -0.336 e. The molecule has 1 atom stereocenters. The van der Waals surface area contributed by atoms with Gasteiger partial charge in [-0.1, -0.05) is 30.3 Å². The van der Waals surface area contributed by atoms with Crippen LogP contribution in [0.3, 0.4) is 0 Å². The summed E-state index contributed by atoms with van der Waals surface area (Å²) in [5.41, 5.74) is 6.12. The maximum Gasteiger partial charge on any atom is 0.251 e. The van der Waals surface area contributed by atoms with Crippen LogP contribution in [-0.4, -0.2) is 40.5 Å². The van der Waals surface area contributed by atoms with Crippen molar-refractivity contribution in [2.45, 2.75) is 45.1 Å². The van der Waals surface area contributed by atoms with E-state index in [1.807, 2.05) is 44.2 Å². The summed E-state index contributed by atoms with van der Waals surface area (Å²) in [6.45, 7) is 7.86. The van der Waals surface area contributed by atoms with E-state index in [0.717, 1.165) is 5.56 Å². The molecule has 1 fully saturated rings. The molecule has 24 heavy (non-hydrogen) atoms. The number of nitrogens with two attached hydrogens (primary N) is 1. The summed E-state index contributed by atoms with van der Waals surface area (Å²) in [5.74, 6) is -0.592. The second-order valence-electron chi connectivity index (χ2n) is 7.48. The van der Waals surface area contributed by atoms with Gasteiger partial charge in [0.2, 0.25) is 5.91 Å². The first-order valence-electron chi connectivity index (χ1n) is 8.17. The lowest BCUT2D eigenvalue weighted by molar-refractivity contribution is -0.152. The predicted octanol–water partition coefficient (Wildman–Crippen LogP) is 1.43. The van der Waals surface area contributed by atoms with E-state index >= 15 is 0 Å². The number of hydrogen-bond acceptors (Lipinski definition) is 4. The van der Waals surface area contributed by atoms with Gasteiger partial charge in [0.1, 0.15) is 0 Å². The van der Waals surface area contributed by atoms with Crippen molar-refractivity contribution in [3.8, 4) is 0 Å². The van der Waals surface area contributed by atoms with Gasteiger partial charge in [-0.2, -0.15) is 0 Å². The van der Waals surface area contributed by atoms with Crippen LogP contribution in [0.2, 0.25) is 0 Å². The molecular formula is C18H27N3O3. The summed E-state index contributed by atoms with van der Waals surface area (Å²) < 4.78 is 0. The average molecular weight is 333 g/mol. The van der Waals surface area contributed by atoms with E-state index in [1.165, 1.54) is 0 Å². The van der Waals surface area contributed by atoms with Crippen LogP contribution in [0.25, 0.3) is 0 Å². The Morgan fingerprint density at radius 1 is 1.29 bits per heavy atom. The van der Waals surface area contributed by atoms with E-state index in [9.17, 15) is 9.59 Å². The first kappa shape index (κ1) is 18.4. The lowest BCUT2D eigenvalue weighted by atomic mass is 9.72. The van der Waals surface area contributed by atoms with Crippen LogP contribution in [0.15, 0.2) is 30.3 Å². The van der Waals surface area contributed by atoms with Gasteiger partial charge in [-0.3, -0.25) is 14.8 Å². The third-order valence-corrected chi connectivity index (χ3v) is 5.97. The number of carbonyl (C=O) groups is 2. The molecule has 0 spiro atoms. The summed E-state index contributed by atoms with van der Waals surface area (Å²) in [6.07, 6.45) is 0.604. The maximum absolute atomic E-state index is 13.3. The Bertz CT molecular complexity index is 628. The van der Waals surface area contributed by atoms with E-state index in [0.29, 0.717) is 13.0 Å². The number of nitrogens with zero attached hydrogens (tertiary/aromatic N) is 1. The lowest BCUT2D eigenvalue weighted by Crippen LogP contribution is -2.61. The van der Waals surface area contributed by atoms with Gasteiger partial charge in [-0.05, 0) is 39.7 Å². The van der Waals surface area contributed by atoms with Gasteiger partial charge in [0.05, 0.1) is 16.4 Å². The van der Waals surface area contributed by atoms with Gasteiger partial charge in [0.15, 0.2) is 0 Å². The third kappa shape index (κ3) is 2.50. The number of benzene rings is 1. The molecule has 0 radical (unpaired) electrons. The molecule has 1 aliphatic heterocycles. The number of carbonyl (C=O) groups excluding carboxylic acids is 2. The predicted molar refractivity (Wildman–Crippen MR) is 91.3 cm³/mol. The fraction of sp³-hybridized carbons (Fsp3) is 0.556. The summed E-state index contributed by atoms with van der Waals surface area (Å²) in [5, 5.41) is 9.05. The van der Waals surface area contributed by atoms with Gasteiger partial charge in [0.25, 0.3) is 5.91 Å². The molecule has 1 aromatic rings. The molecule has 1 saturated heterocycles. The molecule has 2 rings (SSSR count). The Kier molecular flexibility index (Phi) is 4.74. The van der Waals surface area contributed by atoms with Crippen molar-refractivity contribution in [3.63, 3.8) is 0 Å². The van der Waals surface area contributed by atoms with E-state index < -0.39 is 22.3 Å². The van der Waals surface area contributed by atoms with Crippen LogP contribution in [-0.2, 0) is 15.0 Å².